The van der Waals surface area contributed by atoms with Crippen LogP contribution in [-0.4, -0.2) is 33.0 Å². The minimum Gasteiger partial charge on any atom is -0.493 e. The minimum absolute atomic E-state index is 0.00193. The highest BCUT2D eigenvalue weighted by molar-refractivity contribution is 5.67. The number of hydrogen-bond donors (Lipinski definition) is 1. The third-order valence-electron chi connectivity index (χ3n) is 6.25. The number of oxazole rings is 1. The zero-order chi connectivity index (χ0) is 27.9. The number of benzene rings is 3. The number of carboxylic acid groups (broad SMARTS) is 1. The zero-order valence-corrected chi connectivity index (χ0v) is 22.2. The molecule has 204 valence electrons. The van der Waals surface area contributed by atoms with Gasteiger partial charge in [0.2, 0.25) is 11.8 Å². The molecule has 40 heavy (non-hydrogen) atoms. The Morgan fingerprint density at radius 2 is 1.68 bits per heavy atom. The predicted octanol–water partition coefficient (Wildman–Crippen LogP) is 6.02. The smallest absolute Gasteiger partial charge is 0.303 e. The van der Waals surface area contributed by atoms with Crippen molar-refractivity contribution >= 4 is 5.97 Å². The number of hydrogen-bond acceptors (Lipinski definition) is 7. The lowest BCUT2D eigenvalue weighted by atomic mass is 10.2. The van der Waals surface area contributed by atoms with Crippen LogP contribution in [0.3, 0.4) is 0 Å². The molecule has 0 unspecified atom stereocenters. The maximum absolute atomic E-state index is 11.1. The molecule has 0 aliphatic rings. The molecule has 0 aliphatic heterocycles. The highest BCUT2D eigenvalue weighted by Gasteiger charge is 2.15. The Morgan fingerprint density at radius 3 is 2.40 bits per heavy atom. The molecule has 9 nitrogen and oxygen atoms in total. The summed E-state index contributed by atoms with van der Waals surface area (Å²) in [4.78, 5) is 15.7. The van der Waals surface area contributed by atoms with E-state index in [0.717, 1.165) is 22.5 Å². The Morgan fingerprint density at radius 1 is 0.925 bits per heavy atom. The van der Waals surface area contributed by atoms with Crippen LogP contribution in [0.2, 0.25) is 0 Å². The van der Waals surface area contributed by atoms with Crippen molar-refractivity contribution in [3.05, 3.63) is 108 Å². The number of para-hydroxylation sites is 1. The van der Waals surface area contributed by atoms with E-state index in [1.165, 1.54) is 0 Å². The summed E-state index contributed by atoms with van der Waals surface area (Å²) in [5, 5.41) is 13.7. The molecular weight excluding hydrogens is 510 g/mol. The zero-order valence-electron chi connectivity index (χ0n) is 22.2. The summed E-state index contributed by atoms with van der Waals surface area (Å²) in [6.45, 7) is 2.33. The van der Waals surface area contributed by atoms with Crippen molar-refractivity contribution in [3.63, 3.8) is 0 Å². The van der Waals surface area contributed by atoms with E-state index in [9.17, 15) is 4.79 Å². The van der Waals surface area contributed by atoms with E-state index in [2.05, 4.69) is 10.1 Å². The Bertz CT molecular complexity index is 1580. The van der Waals surface area contributed by atoms with Crippen molar-refractivity contribution in [1.29, 1.82) is 0 Å². The Balaban J connectivity index is 1.26. The van der Waals surface area contributed by atoms with Gasteiger partial charge in [-0.1, -0.05) is 42.5 Å². The third-order valence-corrected chi connectivity index (χ3v) is 6.25. The molecule has 0 atom stereocenters. The second-order valence-corrected chi connectivity index (χ2v) is 9.07. The molecule has 1 N–H and O–H groups in total. The first kappa shape index (κ1) is 26.6. The van der Waals surface area contributed by atoms with Gasteiger partial charge in [0.05, 0.1) is 19.2 Å². The largest absolute Gasteiger partial charge is 0.493 e. The molecule has 0 fully saturated rings. The van der Waals surface area contributed by atoms with Crippen molar-refractivity contribution in [3.8, 4) is 34.5 Å². The summed E-state index contributed by atoms with van der Waals surface area (Å²) in [5.74, 6) is 1.91. The third kappa shape index (κ3) is 6.32. The standard InChI is InChI=1S/C31H29N3O6/c1-21-26(32-31(40-21)23-9-5-3-6-10-23)20-38-27-15-13-22(17-28(27)37-2)19-39-29-18-25(14-16-30(35)36)34(33-29)24-11-7-4-8-12-24/h3-13,15,17-18H,14,16,19-20H2,1-2H3,(H,35,36). The van der Waals surface area contributed by atoms with Crippen molar-refractivity contribution in [1.82, 2.24) is 14.8 Å². The van der Waals surface area contributed by atoms with Crippen LogP contribution in [0.4, 0.5) is 0 Å². The maximum atomic E-state index is 11.1. The quantitative estimate of drug-likeness (QED) is 0.205. The lowest BCUT2D eigenvalue weighted by molar-refractivity contribution is -0.136. The molecule has 2 aromatic heterocycles. The topological polar surface area (TPSA) is 109 Å². The normalized spacial score (nSPS) is 10.8. The molecule has 0 radical (unpaired) electrons. The number of carboxylic acids is 1. The van der Waals surface area contributed by atoms with Crippen LogP contribution in [0, 0.1) is 6.92 Å². The summed E-state index contributed by atoms with van der Waals surface area (Å²) in [7, 11) is 1.58. The number of carbonyl (C=O) groups is 1. The Kier molecular flexibility index (Phi) is 8.10. The van der Waals surface area contributed by atoms with Crippen LogP contribution < -0.4 is 14.2 Å². The van der Waals surface area contributed by atoms with Crippen LogP contribution in [0.1, 0.15) is 29.1 Å². The van der Waals surface area contributed by atoms with E-state index in [0.29, 0.717) is 41.1 Å². The van der Waals surface area contributed by atoms with Crippen molar-refractivity contribution < 1.29 is 28.5 Å². The van der Waals surface area contributed by atoms with Crippen LogP contribution in [0.15, 0.2) is 89.3 Å². The molecule has 2 heterocycles. The summed E-state index contributed by atoms with van der Waals surface area (Å²) in [6, 6.07) is 26.6. The highest BCUT2D eigenvalue weighted by Crippen LogP contribution is 2.30. The predicted molar refractivity (Wildman–Crippen MR) is 148 cm³/mol. The van der Waals surface area contributed by atoms with Gasteiger partial charge in [0.1, 0.15) is 24.7 Å². The first-order valence-electron chi connectivity index (χ1n) is 12.8. The molecule has 5 rings (SSSR count). The fourth-order valence-corrected chi connectivity index (χ4v) is 4.16. The Hall–Kier alpha value is -5.05. The number of ether oxygens (including phenoxy) is 3. The van der Waals surface area contributed by atoms with Gasteiger partial charge in [-0.25, -0.2) is 9.67 Å². The van der Waals surface area contributed by atoms with E-state index in [-0.39, 0.29) is 19.6 Å². The molecule has 0 aliphatic carbocycles. The lowest BCUT2D eigenvalue weighted by Gasteiger charge is -2.12. The number of methoxy groups -OCH3 is 1. The number of aliphatic carboxylic acids is 1. The fourth-order valence-electron chi connectivity index (χ4n) is 4.16. The van der Waals surface area contributed by atoms with Crippen LogP contribution >= 0.6 is 0 Å². The summed E-state index contributed by atoms with van der Waals surface area (Å²) >= 11 is 0. The molecule has 9 heteroatoms. The van der Waals surface area contributed by atoms with Gasteiger partial charge in [-0.15, -0.1) is 5.10 Å². The first-order valence-corrected chi connectivity index (χ1v) is 12.8. The minimum atomic E-state index is -0.868. The van der Waals surface area contributed by atoms with Gasteiger partial charge >= 0.3 is 5.97 Å². The number of aryl methyl sites for hydroxylation is 2. The SMILES string of the molecule is COc1cc(COc2cc(CCC(=O)O)n(-c3ccccc3)n2)ccc1OCc1nc(-c2ccccc2)oc1C. The molecule has 0 saturated heterocycles. The van der Waals surface area contributed by atoms with E-state index in [4.69, 9.17) is 23.7 Å². The number of aromatic nitrogens is 3. The maximum Gasteiger partial charge on any atom is 0.303 e. The van der Waals surface area contributed by atoms with Crippen molar-refractivity contribution in [2.45, 2.75) is 33.0 Å². The number of nitrogens with zero attached hydrogens (tertiary/aromatic N) is 3. The van der Waals surface area contributed by atoms with Crippen LogP contribution in [0.25, 0.3) is 17.1 Å². The van der Waals surface area contributed by atoms with Crippen molar-refractivity contribution in [2.24, 2.45) is 0 Å². The Labute approximate surface area is 231 Å². The van der Waals surface area contributed by atoms with Gasteiger partial charge in [0.15, 0.2) is 11.5 Å². The average molecular weight is 540 g/mol. The van der Waals surface area contributed by atoms with Gasteiger partial charge < -0.3 is 23.7 Å². The second-order valence-electron chi connectivity index (χ2n) is 9.07. The summed E-state index contributed by atoms with van der Waals surface area (Å²) in [5.41, 5.74) is 4.06. The van der Waals surface area contributed by atoms with E-state index in [1.54, 1.807) is 17.9 Å². The average Bonchev–Trinajstić information content (AvgIpc) is 3.58. The van der Waals surface area contributed by atoms with Gasteiger partial charge in [0, 0.05) is 23.7 Å². The summed E-state index contributed by atoms with van der Waals surface area (Å²) in [6.07, 6.45) is 0.330. The second kappa shape index (κ2) is 12.2. The number of rotatable bonds is 12. The van der Waals surface area contributed by atoms with E-state index in [1.807, 2.05) is 85.8 Å². The van der Waals surface area contributed by atoms with Gasteiger partial charge in [-0.2, -0.15) is 0 Å². The highest BCUT2D eigenvalue weighted by atomic mass is 16.5. The van der Waals surface area contributed by atoms with Crippen molar-refractivity contribution in [2.75, 3.05) is 7.11 Å². The van der Waals surface area contributed by atoms with Gasteiger partial charge in [-0.3, -0.25) is 4.79 Å². The molecule has 5 aromatic rings. The fraction of sp³-hybridized carbons (Fsp3) is 0.194. The molecule has 0 saturated carbocycles. The van der Waals surface area contributed by atoms with Crippen LogP contribution in [0.5, 0.6) is 17.4 Å². The van der Waals surface area contributed by atoms with E-state index < -0.39 is 5.97 Å². The molecule has 0 spiro atoms. The first-order chi connectivity index (χ1) is 19.5. The molecule has 0 bridgehead atoms. The van der Waals surface area contributed by atoms with Gasteiger partial charge in [-0.05, 0) is 48.9 Å². The van der Waals surface area contributed by atoms with E-state index >= 15 is 0 Å². The summed E-state index contributed by atoms with van der Waals surface area (Å²) < 4.78 is 25.1. The van der Waals surface area contributed by atoms with Crippen LogP contribution in [-0.2, 0) is 24.4 Å². The molecule has 3 aromatic carbocycles. The monoisotopic (exact) mass is 539 g/mol. The lowest BCUT2D eigenvalue weighted by Crippen LogP contribution is -2.05. The van der Waals surface area contributed by atoms with Gasteiger partial charge in [0.25, 0.3) is 0 Å². The molecule has 0 amide bonds. The molecular formula is C31H29N3O6.